The number of carbonyl (C=O) groups excluding carboxylic acids is 1. The minimum atomic E-state index is -0.186. The second-order valence-electron chi connectivity index (χ2n) is 3.62. The van der Waals surface area contributed by atoms with Crippen LogP contribution in [0.2, 0.25) is 0 Å². The molecule has 0 aromatic carbocycles. The normalized spacial score (nSPS) is 26.9. The van der Waals surface area contributed by atoms with E-state index in [0.717, 1.165) is 25.7 Å². The fraction of sp³-hybridized carbons (Fsp3) is 0.727. The second-order valence-corrected chi connectivity index (χ2v) is 3.62. The first kappa shape index (κ1) is 11.2. The molecule has 1 saturated heterocycles. The minimum Gasteiger partial charge on any atom is -0.469 e. The van der Waals surface area contributed by atoms with Gasteiger partial charge in [0.1, 0.15) is 0 Å². The van der Waals surface area contributed by atoms with Gasteiger partial charge in [0, 0.05) is 0 Å². The van der Waals surface area contributed by atoms with E-state index in [4.69, 9.17) is 4.74 Å². The van der Waals surface area contributed by atoms with E-state index in [2.05, 4.69) is 11.3 Å². The zero-order chi connectivity index (χ0) is 10.4. The van der Waals surface area contributed by atoms with Crippen molar-refractivity contribution in [2.45, 2.75) is 44.3 Å². The Morgan fingerprint density at radius 3 is 2.93 bits per heavy atom. The van der Waals surface area contributed by atoms with Gasteiger partial charge in [0.2, 0.25) is 0 Å². The van der Waals surface area contributed by atoms with Crippen molar-refractivity contribution in [1.82, 2.24) is 0 Å². The van der Waals surface area contributed by atoms with Gasteiger partial charge in [0.05, 0.1) is 25.7 Å². The van der Waals surface area contributed by atoms with Crippen molar-refractivity contribution in [3.05, 3.63) is 12.7 Å². The molecule has 1 fully saturated rings. The van der Waals surface area contributed by atoms with Gasteiger partial charge >= 0.3 is 5.97 Å². The summed E-state index contributed by atoms with van der Waals surface area (Å²) in [7, 11) is 1.41. The highest BCUT2D eigenvalue weighted by atomic mass is 16.5. The van der Waals surface area contributed by atoms with E-state index >= 15 is 0 Å². The summed E-state index contributed by atoms with van der Waals surface area (Å²) in [5.41, 5.74) is 0. The molecule has 0 aliphatic carbocycles. The van der Waals surface area contributed by atoms with Gasteiger partial charge in [0.15, 0.2) is 0 Å². The maximum Gasteiger partial charge on any atom is 0.308 e. The van der Waals surface area contributed by atoms with Gasteiger partial charge in [-0.2, -0.15) is 0 Å². The Kier molecular flexibility index (Phi) is 4.66. The Morgan fingerprint density at radius 2 is 2.29 bits per heavy atom. The Bertz CT molecular complexity index is 201. The number of hydrogen-bond acceptors (Lipinski definition) is 3. The van der Waals surface area contributed by atoms with E-state index in [1.54, 1.807) is 0 Å². The van der Waals surface area contributed by atoms with Crippen molar-refractivity contribution in [1.29, 1.82) is 0 Å². The molecule has 2 atom stereocenters. The molecule has 0 radical (unpaired) electrons. The van der Waals surface area contributed by atoms with Crippen molar-refractivity contribution < 1.29 is 14.3 Å². The van der Waals surface area contributed by atoms with Crippen LogP contribution < -0.4 is 0 Å². The summed E-state index contributed by atoms with van der Waals surface area (Å²) in [4.78, 5) is 11.0. The van der Waals surface area contributed by atoms with E-state index in [9.17, 15) is 4.79 Å². The highest BCUT2D eigenvalue weighted by Gasteiger charge is 2.23. The molecule has 0 spiro atoms. The minimum absolute atomic E-state index is 0.0427. The summed E-state index contributed by atoms with van der Waals surface area (Å²) in [5.74, 6) is -0.186. The van der Waals surface area contributed by atoms with E-state index in [1.807, 2.05) is 6.08 Å². The molecule has 1 rings (SSSR count). The van der Waals surface area contributed by atoms with Crippen LogP contribution >= 0.6 is 0 Å². The highest BCUT2D eigenvalue weighted by Crippen LogP contribution is 2.23. The first-order valence-corrected chi connectivity index (χ1v) is 5.09. The molecule has 0 N–H and O–H groups in total. The molecule has 0 unspecified atom stereocenters. The van der Waals surface area contributed by atoms with Gasteiger partial charge < -0.3 is 9.47 Å². The molecule has 0 bridgehead atoms. The zero-order valence-electron chi connectivity index (χ0n) is 8.70. The highest BCUT2D eigenvalue weighted by molar-refractivity contribution is 5.69. The molecular weight excluding hydrogens is 180 g/mol. The number of esters is 1. The van der Waals surface area contributed by atoms with Crippen molar-refractivity contribution in [3.63, 3.8) is 0 Å². The standard InChI is InChI=1S/C11H18O3/c1-3-5-9-6-4-7-10(14-9)8-11(12)13-2/h3,9-10H,1,4-8H2,2H3/t9-,10-/m1/s1. The van der Waals surface area contributed by atoms with Gasteiger partial charge in [-0.3, -0.25) is 4.79 Å². The maximum atomic E-state index is 11.0. The number of hydrogen-bond donors (Lipinski definition) is 0. The zero-order valence-corrected chi connectivity index (χ0v) is 8.70. The van der Waals surface area contributed by atoms with E-state index in [0.29, 0.717) is 6.42 Å². The SMILES string of the molecule is C=CC[C@@H]1CCC[C@H](CC(=O)OC)O1. The maximum absolute atomic E-state index is 11.0. The first-order valence-electron chi connectivity index (χ1n) is 5.09. The summed E-state index contributed by atoms with van der Waals surface area (Å²) >= 11 is 0. The topological polar surface area (TPSA) is 35.5 Å². The van der Waals surface area contributed by atoms with Crippen LogP contribution in [0.5, 0.6) is 0 Å². The lowest BCUT2D eigenvalue weighted by molar-refractivity contribution is -0.146. The molecule has 1 aliphatic heterocycles. The fourth-order valence-corrected chi connectivity index (χ4v) is 1.76. The number of carbonyl (C=O) groups is 1. The van der Waals surface area contributed by atoms with Crippen LogP contribution in [0.15, 0.2) is 12.7 Å². The third-order valence-electron chi connectivity index (χ3n) is 2.49. The van der Waals surface area contributed by atoms with E-state index in [-0.39, 0.29) is 18.2 Å². The molecular formula is C11H18O3. The second kappa shape index (κ2) is 5.81. The predicted octanol–water partition coefficient (Wildman–Crippen LogP) is 2.06. The van der Waals surface area contributed by atoms with Crippen LogP contribution in [0, 0.1) is 0 Å². The van der Waals surface area contributed by atoms with Gasteiger partial charge in [-0.25, -0.2) is 0 Å². The largest absolute Gasteiger partial charge is 0.469 e. The van der Waals surface area contributed by atoms with Crippen LogP contribution in [0.1, 0.15) is 32.1 Å². The lowest BCUT2D eigenvalue weighted by Gasteiger charge is -2.28. The summed E-state index contributed by atoms with van der Waals surface area (Å²) in [6.45, 7) is 3.69. The van der Waals surface area contributed by atoms with E-state index < -0.39 is 0 Å². The molecule has 1 heterocycles. The van der Waals surface area contributed by atoms with Crippen LogP contribution in [-0.2, 0) is 14.3 Å². The number of ether oxygens (including phenoxy) is 2. The molecule has 0 saturated carbocycles. The summed E-state index contributed by atoms with van der Waals surface area (Å²) in [5, 5.41) is 0. The average molecular weight is 198 g/mol. The third-order valence-corrected chi connectivity index (χ3v) is 2.49. The van der Waals surface area contributed by atoms with Gasteiger partial charge in [0.25, 0.3) is 0 Å². The van der Waals surface area contributed by atoms with Crippen molar-refractivity contribution >= 4 is 5.97 Å². The summed E-state index contributed by atoms with van der Waals surface area (Å²) in [6.07, 6.45) is 6.57. The fourth-order valence-electron chi connectivity index (χ4n) is 1.76. The predicted molar refractivity (Wildman–Crippen MR) is 54.0 cm³/mol. The molecule has 3 nitrogen and oxygen atoms in total. The van der Waals surface area contributed by atoms with Gasteiger partial charge in [-0.05, 0) is 25.7 Å². The van der Waals surface area contributed by atoms with Crippen molar-refractivity contribution in [3.8, 4) is 0 Å². The smallest absolute Gasteiger partial charge is 0.308 e. The van der Waals surface area contributed by atoms with Crippen LogP contribution in [0.3, 0.4) is 0 Å². The van der Waals surface area contributed by atoms with Crippen LogP contribution in [0.25, 0.3) is 0 Å². The van der Waals surface area contributed by atoms with E-state index in [1.165, 1.54) is 7.11 Å². The number of rotatable bonds is 4. The van der Waals surface area contributed by atoms with Gasteiger partial charge in [-0.15, -0.1) is 6.58 Å². The van der Waals surface area contributed by atoms with Crippen molar-refractivity contribution in [2.75, 3.05) is 7.11 Å². The summed E-state index contributed by atoms with van der Waals surface area (Å²) < 4.78 is 10.3. The Labute approximate surface area is 85.1 Å². The first-order chi connectivity index (χ1) is 6.76. The average Bonchev–Trinajstić information content (AvgIpc) is 2.19. The monoisotopic (exact) mass is 198 g/mol. The van der Waals surface area contributed by atoms with Crippen LogP contribution in [0.4, 0.5) is 0 Å². The van der Waals surface area contributed by atoms with Crippen LogP contribution in [-0.4, -0.2) is 25.3 Å². The molecule has 0 aromatic rings. The number of methoxy groups -OCH3 is 1. The molecule has 1 aliphatic rings. The van der Waals surface area contributed by atoms with Gasteiger partial charge in [-0.1, -0.05) is 6.08 Å². The Balaban J connectivity index is 2.32. The molecule has 0 amide bonds. The van der Waals surface area contributed by atoms with Crippen molar-refractivity contribution in [2.24, 2.45) is 0 Å². The Hall–Kier alpha value is -0.830. The molecule has 80 valence electrons. The molecule has 14 heavy (non-hydrogen) atoms. The Morgan fingerprint density at radius 1 is 1.57 bits per heavy atom. The molecule has 3 heteroatoms. The quantitative estimate of drug-likeness (QED) is 0.512. The summed E-state index contributed by atoms with van der Waals surface area (Å²) in [6, 6.07) is 0. The lowest BCUT2D eigenvalue weighted by atomic mass is 10.0. The molecule has 0 aromatic heterocycles. The third kappa shape index (κ3) is 3.50. The lowest BCUT2D eigenvalue weighted by Crippen LogP contribution is -2.29.